The molecule has 22 heavy (non-hydrogen) atoms. The van der Waals surface area contributed by atoms with E-state index in [1.54, 1.807) is 0 Å². The largest absolute Gasteiger partial charge is 0.378 e. The minimum atomic E-state index is -0.0167. The van der Waals surface area contributed by atoms with Crippen molar-refractivity contribution in [3.63, 3.8) is 0 Å². The maximum Gasteiger partial charge on any atom is 0.268 e. The van der Waals surface area contributed by atoms with Gasteiger partial charge in [-0.05, 0) is 27.7 Å². The van der Waals surface area contributed by atoms with Crippen LogP contribution in [0.15, 0.2) is 12.7 Å². The second-order valence-corrected chi connectivity index (χ2v) is 6.03. The summed E-state index contributed by atoms with van der Waals surface area (Å²) >= 11 is 0. The molecule has 0 radical (unpaired) electrons. The monoisotopic (exact) mass is 305 g/mol. The van der Waals surface area contributed by atoms with Gasteiger partial charge in [0.25, 0.3) is 5.91 Å². The van der Waals surface area contributed by atoms with E-state index in [0.29, 0.717) is 6.54 Å². The lowest BCUT2D eigenvalue weighted by Gasteiger charge is -2.29. The molecular formula is C17H27N3O2. The molecule has 1 fully saturated rings. The van der Waals surface area contributed by atoms with Gasteiger partial charge in [0, 0.05) is 36.9 Å². The van der Waals surface area contributed by atoms with Crippen LogP contribution in [0.5, 0.6) is 0 Å². The standard InChI is InChI=1S/C17H27N3O2/c1-6-7-20-14(5)15(19-8-10-22-11-9-19)13(4)16(20)17(21)18-12(2)3/h6,12H,1,7-11H2,2-5H3,(H,18,21). The second-order valence-electron chi connectivity index (χ2n) is 6.03. The lowest BCUT2D eigenvalue weighted by atomic mass is 10.1. The molecule has 0 saturated carbocycles. The van der Waals surface area contributed by atoms with Crippen LogP contribution in [0, 0.1) is 13.8 Å². The molecule has 0 aliphatic carbocycles. The first-order chi connectivity index (χ1) is 10.5. The number of anilines is 1. The Bertz CT molecular complexity index is 555. The molecule has 2 heterocycles. The Morgan fingerprint density at radius 3 is 2.55 bits per heavy atom. The Kier molecular flexibility index (Phi) is 5.29. The van der Waals surface area contributed by atoms with Crippen LogP contribution in [0.25, 0.3) is 0 Å². The number of aromatic nitrogens is 1. The van der Waals surface area contributed by atoms with Crippen molar-refractivity contribution in [3.8, 4) is 0 Å². The highest BCUT2D eigenvalue weighted by Gasteiger charge is 2.26. The predicted molar refractivity (Wildman–Crippen MR) is 89.7 cm³/mol. The molecule has 5 nitrogen and oxygen atoms in total. The average Bonchev–Trinajstić information content (AvgIpc) is 2.71. The summed E-state index contributed by atoms with van der Waals surface area (Å²) in [5.41, 5.74) is 4.07. The van der Waals surface area contributed by atoms with E-state index in [-0.39, 0.29) is 11.9 Å². The third-order valence-corrected chi connectivity index (χ3v) is 4.00. The van der Waals surface area contributed by atoms with Crippen LogP contribution in [-0.2, 0) is 11.3 Å². The number of morpholine rings is 1. The second kappa shape index (κ2) is 7.01. The first-order valence-electron chi connectivity index (χ1n) is 7.91. The number of nitrogens with zero attached hydrogens (tertiary/aromatic N) is 2. The number of carbonyl (C=O) groups is 1. The SMILES string of the molecule is C=CCn1c(C)c(N2CCOCC2)c(C)c1C(=O)NC(C)C. The summed E-state index contributed by atoms with van der Waals surface area (Å²) in [6, 6.07) is 0.117. The molecule has 1 aromatic rings. The highest BCUT2D eigenvalue weighted by molar-refractivity contribution is 5.96. The molecule has 0 unspecified atom stereocenters. The van der Waals surface area contributed by atoms with Gasteiger partial charge in [-0.2, -0.15) is 0 Å². The summed E-state index contributed by atoms with van der Waals surface area (Å²) in [7, 11) is 0. The van der Waals surface area contributed by atoms with Crippen LogP contribution in [0.3, 0.4) is 0 Å². The fourth-order valence-electron chi connectivity index (χ4n) is 3.12. The molecule has 5 heteroatoms. The van der Waals surface area contributed by atoms with Crippen molar-refractivity contribution in [1.82, 2.24) is 9.88 Å². The van der Waals surface area contributed by atoms with Gasteiger partial charge in [-0.3, -0.25) is 4.79 Å². The lowest BCUT2D eigenvalue weighted by Crippen LogP contribution is -2.37. The van der Waals surface area contributed by atoms with Crippen molar-refractivity contribution < 1.29 is 9.53 Å². The number of hydrogen-bond donors (Lipinski definition) is 1. The molecule has 1 N–H and O–H groups in total. The van der Waals surface area contributed by atoms with E-state index in [0.717, 1.165) is 43.3 Å². The Balaban J connectivity index is 2.46. The zero-order valence-corrected chi connectivity index (χ0v) is 14.1. The van der Waals surface area contributed by atoms with Gasteiger partial charge in [0.05, 0.1) is 18.9 Å². The summed E-state index contributed by atoms with van der Waals surface area (Å²) < 4.78 is 7.50. The van der Waals surface area contributed by atoms with E-state index >= 15 is 0 Å². The first-order valence-corrected chi connectivity index (χ1v) is 7.91. The van der Waals surface area contributed by atoms with Crippen molar-refractivity contribution in [1.29, 1.82) is 0 Å². The Hall–Kier alpha value is -1.75. The molecule has 1 amide bonds. The zero-order valence-electron chi connectivity index (χ0n) is 14.1. The first kappa shape index (κ1) is 16.6. The molecule has 1 saturated heterocycles. The average molecular weight is 305 g/mol. The lowest BCUT2D eigenvalue weighted by molar-refractivity contribution is 0.0933. The van der Waals surface area contributed by atoms with Crippen LogP contribution < -0.4 is 10.2 Å². The van der Waals surface area contributed by atoms with Gasteiger partial charge in [0.2, 0.25) is 0 Å². The molecule has 1 aromatic heterocycles. The summed E-state index contributed by atoms with van der Waals surface area (Å²) in [6.07, 6.45) is 1.84. The summed E-state index contributed by atoms with van der Waals surface area (Å²) in [4.78, 5) is 14.9. The molecule has 1 aliphatic rings. The van der Waals surface area contributed by atoms with Crippen LogP contribution in [0.1, 0.15) is 35.6 Å². The molecule has 122 valence electrons. The van der Waals surface area contributed by atoms with Gasteiger partial charge in [0.1, 0.15) is 5.69 Å². The van der Waals surface area contributed by atoms with E-state index in [1.165, 1.54) is 5.69 Å². The van der Waals surface area contributed by atoms with E-state index in [9.17, 15) is 4.79 Å². The Morgan fingerprint density at radius 2 is 2.00 bits per heavy atom. The minimum absolute atomic E-state index is 0.0167. The number of ether oxygens (including phenoxy) is 1. The number of amides is 1. The van der Waals surface area contributed by atoms with Gasteiger partial charge in [-0.15, -0.1) is 6.58 Å². The summed E-state index contributed by atoms with van der Waals surface area (Å²) in [6.45, 7) is 15.7. The fourth-order valence-corrected chi connectivity index (χ4v) is 3.12. The molecular weight excluding hydrogens is 278 g/mol. The van der Waals surface area contributed by atoms with Gasteiger partial charge < -0.3 is 19.5 Å². The van der Waals surface area contributed by atoms with E-state index in [2.05, 4.69) is 28.3 Å². The highest BCUT2D eigenvalue weighted by Crippen LogP contribution is 2.31. The number of carbonyl (C=O) groups excluding carboxylic acids is 1. The van der Waals surface area contributed by atoms with Crippen molar-refractivity contribution in [2.75, 3.05) is 31.2 Å². The fraction of sp³-hybridized carbons (Fsp3) is 0.588. The third kappa shape index (κ3) is 3.19. The highest BCUT2D eigenvalue weighted by atomic mass is 16.5. The van der Waals surface area contributed by atoms with Crippen LogP contribution in [0.2, 0.25) is 0 Å². The summed E-state index contributed by atoms with van der Waals surface area (Å²) in [5, 5.41) is 3.00. The van der Waals surface area contributed by atoms with Crippen LogP contribution >= 0.6 is 0 Å². The topological polar surface area (TPSA) is 46.5 Å². The molecule has 1 aliphatic heterocycles. The molecule has 0 aromatic carbocycles. The molecule has 0 bridgehead atoms. The maximum atomic E-state index is 12.6. The number of rotatable bonds is 5. The minimum Gasteiger partial charge on any atom is -0.378 e. The number of nitrogens with one attached hydrogen (secondary N) is 1. The number of hydrogen-bond acceptors (Lipinski definition) is 3. The molecule has 0 atom stereocenters. The van der Waals surface area contributed by atoms with E-state index in [1.807, 2.05) is 26.8 Å². The van der Waals surface area contributed by atoms with Crippen LogP contribution in [0.4, 0.5) is 5.69 Å². The molecule has 0 spiro atoms. The van der Waals surface area contributed by atoms with Gasteiger partial charge >= 0.3 is 0 Å². The smallest absolute Gasteiger partial charge is 0.268 e. The Morgan fingerprint density at radius 1 is 1.36 bits per heavy atom. The van der Waals surface area contributed by atoms with Crippen molar-refractivity contribution in [2.45, 2.75) is 40.3 Å². The van der Waals surface area contributed by atoms with Crippen LogP contribution in [-0.4, -0.2) is 42.8 Å². The van der Waals surface area contributed by atoms with Crippen molar-refractivity contribution in [2.24, 2.45) is 0 Å². The van der Waals surface area contributed by atoms with Crippen molar-refractivity contribution in [3.05, 3.63) is 29.6 Å². The van der Waals surface area contributed by atoms with E-state index in [4.69, 9.17) is 4.74 Å². The van der Waals surface area contributed by atoms with Crippen molar-refractivity contribution >= 4 is 11.6 Å². The predicted octanol–water partition coefficient (Wildman–Crippen LogP) is 2.27. The Labute approximate surface area is 132 Å². The van der Waals surface area contributed by atoms with Gasteiger partial charge in [0.15, 0.2) is 0 Å². The molecule has 2 rings (SSSR count). The third-order valence-electron chi connectivity index (χ3n) is 4.00. The quantitative estimate of drug-likeness (QED) is 0.849. The maximum absolute atomic E-state index is 12.6. The normalized spacial score (nSPS) is 15.2. The number of allylic oxidation sites excluding steroid dienone is 1. The van der Waals surface area contributed by atoms with E-state index < -0.39 is 0 Å². The summed E-state index contributed by atoms with van der Waals surface area (Å²) in [5.74, 6) is -0.0167. The zero-order chi connectivity index (χ0) is 16.3. The van der Waals surface area contributed by atoms with Gasteiger partial charge in [-0.25, -0.2) is 0 Å². The van der Waals surface area contributed by atoms with Gasteiger partial charge in [-0.1, -0.05) is 6.08 Å².